The zero-order valence-electron chi connectivity index (χ0n) is 9.82. The topological polar surface area (TPSA) is 75.3 Å². The van der Waals surface area contributed by atoms with Gasteiger partial charge in [-0.25, -0.2) is 0 Å². The summed E-state index contributed by atoms with van der Waals surface area (Å²) >= 11 is 4.52. The number of hydrogen-bond donors (Lipinski definition) is 2. The SMILES string of the molecule is CCC(=O)CCNC(=O)CCNC(=O)C[S-].[V]. The molecule has 0 fully saturated rings. The predicted molar refractivity (Wildman–Crippen MR) is 62.8 cm³/mol. The summed E-state index contributed by atoms with van der Waals surface area (Å²) in [4.78, 5) is 32.8. The van der Waals surface area contributed by atoms with Crippen LogP contribution in [0.25, 0.3) is 0 Å². The van der Waals surface area contributed by atoms with Crippen molar-refractivity contribution in [2.24, 2.45) is 0 Å². The minimum absolute atomic E-state index is 0. The van der Waals surface area contributed by atoms with E-state index in [0.717, 1.165) is 0 Å². The molecule has 97 valence electrons. The van der Waals surface area contributed by atoms with E-state index in [9.17, 15) is 14.4 Å². The Hall–Kier alpha value is -0.456. The fourth-order valence-electron chi connectivity index (χ4n) is 0.973. The molecule has 0 aromatic carbocycles. The van der Waals surface area contributed by atoms with Gasteiger partial charge >= 0.3 is 0 Å². The third kappa shape index (κ3) is 11.8. The van der Waals surface area contributed by atoms with E-state index >= 15 is 0 Å². The van der Waals surface area contributed by atoms with Crippen LogP contribution < -0.4 is 10.6 Å². The van der Waals surface area contributed by atoms with Crippen molar-refractivity contribution in [1.82, 2.24) is 10.6 Å². The van der Waals surface area contributed by atoms with Crippen molar-refractivity contribution < 1.29 is 32.9 Å². The van der Waals surface area contributed by atoms with E-state index in [4.69, 9.17) is 0 Å². The standard InChI is InChI=1S/C10H18N2O3S.V/c1-2-8(13)3-5-11-9(14)4-6-12-10(15)7-16;/h16H,2-7H2,1H3,(H,11,14)(H,12,15);/p-1. The second-order valence-corrected chi connectivity index (χ2v) is 3.53. The molecule has 0 heterocycles. The van der Waals surface area contributed by atoms with Crippen LogP contribution in [-0.2, 0) is 45.6 Å². The first-order chi connectivity index (χ1) is 7.60. The van der Waals surface area contributed by atoms with E-state index in [1.54, 1.807) is 6.92 Å². The first kappa shape index (κ1) is 18.9. The van der Waals surface area contributed by atoms with E-state index in [1.807, 2.05) is 0 Å². The molecule has 0 saturated carbocycles. The van der Waals surface area contributed by atoms with Crippen LogP contribution in [0.2, 0.25) is 0 Å². The van der Waals surface area contributed by atoms with Crippen LogP contribution in [0.3, 0.4) is 0 Å². The number of carbonyl (C=O) groups is 3. The van der Waals surface area contributed by atoms with Gasteiger partial charge in [0, 0.05) is 50.9 Å². The van der Waals surface area contributed by atoms with Crippen LogP contribution in [0.4, 0.5) is 0 Å². The number of carbonyl (C=O) groups excluding carboxylic acids is 3. The first-order valence-corrected chi connectivity index (χ1v) is 5.81. The van der Waals surface area contributed by atoms with E-state index < -0.39 is 0 Å². The van der Waals surface area contributed by atoms with Gasteiger partial charge in [-0.15, -0.1) is 0 Å². The van der Waals surface area contributed by atoms with Gasteiger partial charge in [0.05, 0.1) is 0 Å². The van der Waals surface area contributed by atoms with Gasteiger partial charge < -0.3 is 23.3 Å². The Morgan fingerprint density at radius 2 is 1.53 bits per heavy atom. The summed E-state index contributed by atoms with van der Waals surface area (Å²) in [6, 6.07) is 0. The van der Waals surface area contributed by atoms with Gasteiger partial charge in [-0.3, -0.25) is 14.4 Å². The van der Waals surface area contributed by atoms with Crippen LogP contribution in [0.5, 0.6) is 0 Å². The van der Waals surface area contributed by atoms with Crippen molar-refractivity contribution in [2.45, 2.75) is 26.2 Å². The third-order valence-corrected chi connectivity index (χ3v) is 2.19. The maximum atomic E-state index is 11.2. The Labute approximate surface area is 119 Å². The van der Waals surface area contributed by atoms with Crippen LogP contribution in [0.1, 0.15) is 26.2 Å². The Morgan fingerprint density at radius 1 is 1.00 bits per heavy atom. The molecule has 0 bridgehead atoms. The Morgan fingerprint density at radius 3 is 2.06 bits per heavy atom. The maximum absolute atomic E-state index is 11.2. The van der Waals surface area contributed by atoms with Crippen molar-refractivity contribution in [3.8, 4) is 0 Å². The second kappa shape index (κ2) is 12.0. The molecule has 2 amide bonds. The van der Waals surface area contributed by atoms with Gasteiger partial charge in [0.2, 0.25) is 5.91 Å². The zero-order chi connectivity index (χ0) is 12.4. The van der Waals surface area contributed by atoms with E-state index in [2.05, 4.69) is 23.3 Å². The van der Waals surface area contributed by atoms with Gasteiger partial charge in [0.15, 0.2) is 5.91 Å². The van der Waals surface area contributed by atoms with Gasteiger partial charge in [0.25, 0.3) is 0 Å². The molecule has 0 spiro atoms. The fraction of sp³-hybridized carbons (Fsp3) is 0.700. The number of hydrogen-bond acceptors (Lipinski definition) is 4. The molecule has 0 saturated heterocycles. The van der Waals surface area contributed by atoms with Crippen molar-refractivity contribution in [2.75, 3.05) is 18.8 Å². The molecule has 2 N–H and O–H groups in total. The Bertz CT molecular complexity index is 238. The minimum Gasteiger partial charge on any atom is -0.783 e. The fourth-order valence-corrected chi connectivity index (χ4v) is 1.08. The second-order valence-electron chi connectivity index (χ2n) is 3.24. The number of nitrogens with one attached hydrogen (secondary N) is 2. The van der Waals surface area contributed by atoms with Crippen LogP contribution in [0.15, 0.2) is 0 Å². The molecule has 0 aromatic heterocycles. The average molecular weight is 296 g/mol. The molecule has 5 nitrogen and oxygen atoms in total. The third-order valence-electron chi connectivity index (χ3n) is 1.93. The summed E-state index contributed by atoms with van der Waals surface area (Å²) < 4.78 is 0. The van der Waals surface area contributed by atoms with Crippen molar-refractivity contribution in [3.05, 3.63) is 0 Å². The van der Waals surface area contributed by atoms with Crippen LogP contribution in [-0.4, -0.2) is 36.4 Å². The maximum Gasteiger partial charge on any atom is 0.221 e. The van der Waals surface area contributed by atoms with Crippen LogP contribution in [0, 0.1) is 0 Å². The first-order valence-electron chi connectivity index (χ1n) is 5.23. The molecule has 17 heavy (non-hydrogen) atoms. The quantitative estimate of drug-likeness (QED) is 0.593. The minimum atomic E-state index is -0.246. The van der Waals surface area contributed by atoms with Gasteiger partial charge in [0.1, 0.15) is 5.78 Å². The van der Waals surface area contributed by atoms with Gasteiger partial charge in [-0.2, -0.15) is 0 Å². The van der Waals surface area contributed by atoms with Crippen molar-refractivity contribution >= 4 is 30.2 Å². The summed E-state index contributed by atoms with van der Waals surface area (Å²) in [5.41, 5.74) is 0. The molecule has 7 heteroatoms. The molecule has 0 unspecified atom stereocenters. The number of rotatable bonds is 8. The molecular formula is C10H17N2O3SV-. The number of Topliss-reactive ketones (excluding diaryl/α,β-unsaturated/α-hetero) is 1. The molecule has 0 aliphatic carbocycles. The molecule has 1 radical (unpaired) electrons. The van der Waals surface area contributed by atoms with Crippen LogP contribution >= 0.6 is 0 Å². The van der Waals surface area contributed by atoms with E-state index in [0.29, 0.717) is 19.4 Å². The summed E-state index contributed by atoms with van der Waals surface area (Å²) in [7, 11) is 0. The summed E-state index contributed by atoms with van der Waals surface area (Å²) in [6.07, 6.45) is 1.06. The van der Waals surface area contributed by atoms with Gasteiger partial charge in [-0.05, 0) is 0 Å². The van der Waals surface area contributed by atoms with E-state index in [1.165, 1.54) is 0 Å². The molecule has 0 aliphatic rings. The normalized spacial score (nSPS) is 9.06. The average Bonchev–Trinajstić information content (AvgIpc) is 2.28. The molecule has 0 rings (SSSR count). The number of amides is 2. The Balaban J connectivity index is 0. The zero-order valence-corrected chi connectivity index (χ0v) is 12.0. The van der Waals surface area contributed by atoms with E-state index in [-0.39, 0.29) is 54.9 Å². The molecule has 0 aromatic rings. The van der Waals surface area contributed by atoms with Gasteiger partial charge in [-0.1, -0.05) is 12.7 Å². The smallest absolute Gasteiger partial charge is 0.221 e. The summed E-state index contributed by atoms with van der Waals surface area (Å²) in [6.45, 7) is 2.43. The summed E-state index contributed by atoms with van der Waals surface area (Å²) in [5.74, 6) is -0.288. The largest absolute Gasteiger partial charge is 0.783 e. The molecular weight excluding hydrogens is 279 g/mol. The summed E-state index contributed by atoms with van der Waals surface area (Å²) in [5, 5.41) is 5.11. The molecule has 0 atom stereocenters. The molecule has 0 aliphatic heterocycles. The monoisotopic (exact) mass is 296 g/mol. The number of ketones is 1. The Kier molecular flexibility index (Phi) is 13.4. The predicted octanol–water partition coefficient (Wildman–Crippen LogP) is -0.477. The van der Waals surface area contributed by atoms with Crippen molar-refractivity contribution in [1.29, 1.82) is 0 Å². The van der Waals surface area contributed by atoms with Crippen molar-refractivity contribution in [3.63, 3.8) is 0 Å².